The van der Waals surface area contributed by atoms with Gasteiger partial charge in [0.25, 0.3) is 5.91 Å². The molecule has 2 aromatic carbocycles. The van der Waals surface area contributed by atoms with Gasteiger partial charge in [-0.15, -0.1) is 0 Å². The summed E-state index contributed by atoms with van der Waals surface area (Å²) in [6, 6.07) is 14.7. The van der Waals surface area contributed by atoms with Gasteiger partial charge in [0.1, 0.15) is 0 Å². The highest BCUT2D eigenvalue weighted by Gasteiger charge is 2.08. The molecule has 0 saturated heterocycles. The minimum atomic E-state index is -0.190. The first-order valence-electron chi connectivity index (χ1n) is 8.48. The molecule has 0 atom stereocenters. The fourth-order valence-electron chi connectivity index (χ4n) is 2.54. The zero-order chi connectivity index (χ0) is 19.1. The van der Waals surface area contributed by atoms with Gasteiger partial charge in [-0.2, -0.15) is 0 Å². The SMILES string of the molecule is O=C(CCn1ccnc1)Nc1cccc(C(=O)NCc2cccc(Br)c2)c1. The van der Waals surface area contributed by atoms with Crippen LogP contribution in [0.4, 0.5) is 5.69 Å². The number of anilines is 1. The van der Waals surface area contributed by atoms with E-state index in [0.29, 0.717) is 30.8 Å². The Balaban J connectivity index is 1.54. The van der Waals surface area contributed by atoms with E-state index in [4.69, 9.17) is 0 Å². The van der Waals surface area contributed by atoms with Crippen LogP contribution >= 0.6 is 15.9 Å². The highest BCUT2D eigenvalue weighted by atomic mass is 79.9. The van der Waals surface area contributed by atoms with Gasteiger partial charge in [-0.1, -0.05) is 34.1 Å². The van der Waals surface area contributed by atoms with Crippen LogP contribution in [0.15, 0.2) is 71.7 Å². The van der Waals surface area contributed by atoms with Crippen LogP contribution in [0.25, 0.3) is 0 Å². The van der Waals surface area contributed by atoms with Crippen LogP contribution < -0.4 is 10.6 Å². The third kappa shape index (κ3) is 5.79. The number of rotatable bonds is 7. The molecule has 0 aliphatic heterocycles. The summed E-state index contributed by atoms with van der Waals surface area (Å²) in [5.41, 5.74) is 2.10. The minimum Gasteiger partial charge on any atom is -0.348 e. The molecule has 0 saturated carbocycles. The van der Waals surface area contributed by atoms with Crippen LogP contribution in [-0.2, 0) is 17.9 Å². The van der Waals surface area contributed by atoms with Crippen LogP contribution in [-0.4, -0.2) is 21.4 Å². The Labute approximate surface area is 165 Å². The minimum absolute atomic E-state index is 0.115. The van der Waals surface area contributed by atoms with Crippen molar-refractivity contribution in [1.29, 1.82) is 0 Å². The van der Waals surface area contributed by atoms with Gasteiger partial charge in [0.05, 0.1) is 6.33 Å². The second-order valence-corrected chi connectivity index (χ2v) is 6.91. The number of amides is 2. The van der Waals surface area contributed by atoms with Gasteiger partial charge >= 0.3 is 0 Å². The van der Waals surface area contributed by atoms with E-state index >= 15 is 0 Å². The molecule has 0 aliphatic rings. The van der Waals surface area contributed by atoms with E-state index in [1.165, 1.54) is 0 Å². The molecule has 0 unspecified atom stereocenters. The van der Waals surface area contributed by atoms with E-state index in [-0.39, 0.29) is 11.8 Å². The van der Waals surface area contributed by atoms with Crippen molar-refractivity contribution in [3.05, 3.63) is 82.9 Å². The van der Waals surface area contributed by atoms with Gasteiger partial charge in [0.2, 0.25) is 5.91 Å². The quantitative estimate of drug-likeness (QED) is 0.605. The van der Waals surface area contributed by atoms with Crippen LogP contribution in [0.1, 0.15) is 22.3 Å². The average molecular weight is 427 g/mol. The maximum absolute atomic E-state index is 12.4. The number of benzene rings is 2. The Hall–Kier alpha value is -2.93. The summed E-state index contributed by atoms with van der Waals surface area (Å²) in [7, 11) is 0. The van der Waals surface area contributed by atoms with Gasteiger partial charge in [0.15, 0.2) is 0 Å². The van der Waals surface area contributed by atoms with E-state index in [0.717, 1.165) is 10.0 Å². The predicted molar refractivity (Wildman–Crippen MR) is 107 cm³/mol. The number of aryl methyl sites for hydroxylation is 1. The third-order valence-corrected chi connectivity index (χ3v) is 4.40. The topological polar surface area (TPSA) is 76.0 Å². The highest BCUT2D eigenvalue weighted by molar-refractivity contribution is 9.10. The molecule has 7 heteroatoms. The Morgan fingerprint density at radius 1 is 1.11 bits per heavy atom. The Morgan fingerprint density at radius 2 is 1.96 bits per heavy atom. The van der Waals surface area contributed by atoms with Gasteiger partial charge in [-0.05, 0) is 35.9 Å². The van der Waals surface area contributed by atoms with Crippen LogP contribution in [0.5, 0.6) is 0 Å². The van der Waals surface area contributed by atoms with Crippen molar-refractivity contribution in [2.75, 3.05) is 5.32 Å². The smallest absolute Gasteiger partial charge is 0.251 e. The molecule has 1 aromatic heterocycles. The molecule has 27 heavy (non-hydrogen) atoms. The van der Waals surface area contributed by atoms with E-state index < -0.39 is 0 Å². The van der Waals surface area contributed by atoms with Crippen LogP contribution in [0.3, 0.4) is 0 Å². The zero-order valence-corrected chi connectivity index (χ0v) is 16.1. The predicted octanol–water partition coefficient (Wildman–Crippen LogP) is 3.60. The van der Waals surface area contributed by atoms with Crippen molar-refractivity contribution in [2.45, 2.75) is 19.5 Å². The van der Waals surface area contributed by atoms with Gasteiger partial charge < -0.3 is 15.2 Å². The van der Waals surface area contributed by atoms with E-state index in [1.54, 1.807) is 36.8 Å². The van der Waals surface area contributed by atoms with Crippen molar-refractivity contribution in [3.8, 4) is 0 Å². The van der Waals surface area contributed by atoms with E-state index in [9.17, 15) is 9.59 Å². The maximum Gasteiger partial charge on any atom is 0.251 e. The van der Waals surface area contributed by atoms with E-state index in [2.05, 4.69) is 31.5 Å². The van der Waals surface area contributed by atoms with Crippen molar-refractivity contribution in [2.24, 2.45) is 0 Å². The second-order valence-electron chi connectivity index (χ2n) is 5.99. The Bertz CT molecular complexity index is 925. The largest absolute Gasteiger partial charge is 0.348 e. The lowest BCUT2D eigenvalue weighted by Crippen LogP contribution is -2.23. The molecule has 1 heterocycles. The molecule has 2 amide bonds. The summed E-state index contributed by atoms with van der Waals surface area (Å²) in [6.45, 7) is 0.985. The first-order chi connectivity index (χ1) is 13.1. The number of nitrogens with zero attached hydrogens (tertiary/aromatic N) is 2. The molecule has 138 valence electrons. The fourth-order valence-corrected chi connectivity index (χ4v) is 2.99. The number of aromatic nitrogens is 2. The molecule has 0 fully saturated rings. The van der Waals surface area contributed by atoms with Crippen molar-refractivity contribution >= 4 is 33.4 Å². The summed E-state index contributed by atoms with van der Waals surface area (Å²) in [6.07, 6.45) is 5.48. The maximum atomic E-state index is 12.4. The lowest BCUT2D eigenvalue weighted by molar-refractivity contribution is -0.116. The average Bonchev–Trinajstić information content (AvgIpc) is 3.18. The molecule has 0 radical (unpaired) electrons. The molecular formula is C20H19BrN4O2. The number of hydrogen-bond donors (Lipinski definition) is 2. The molecule has 0 aliphatic carbocycles. The monoisotopic (exact) mass is 426 g/mol. The number of carbonyl (C=O) groups excluding carboxylic acids is 2. The van der Waals surface area contributed by atoms with Gasteiger partial charge in [0, 0.05) is 47.6 Å². The molecular weight excluding hydrogens is 408 g/mol. The van der Waals surface area contributed by atoms with Crippen molar-refractivity contribution in [3.63, 3.8) is 0 Å². The van der Waals surface area contributed by atoms with Crippen LogP contribution in [0.2, 0.25) is 0 Å². The Morgan fingerprint density at radius 3 is 2.74 bits per heavy atom. The summed E-state index contributed by atoms with van der Waals surface area (Å²) in [4.78, 5) is 28.4. The number of nitrogens with one attached hydrogen (secondary N) is 2. The summed E-state index contributed by atoms with van der Waals surface area (Å²) in [5.74, 6) is -0.306. The van der Waals surface area contributed by atoms with E-state index in [1.807, 2.05) is 35.0 Å². The van der Waals surface area contributed by atoms with Crippen LogP contribution in [0, 0.1) is 0 Å². The molecule has 0 spiro atoms. The normalized spacial score (nSPS) is 10.4. The number of imidazole rings is 1. The molecule has 2 N–H and O–H groups in total. The number of carbonyl (C=O) groups is 2. The second kappa shape index (κ2) is 9.14. The van der Waals surface area contributed by atoms with Gasteiger partial charge in [-0.3, -0.25) is 9.59 Å². The number of hydrogen-bond acceptors (Lipinski definition) is 3. The van der Waals surface area contributed by atoms with Crippen molar-refractivity contribution in [1.82, 2.24) is 14.9 Å². The zero-order valence-electron chi connectivity index (χ0n) is 14.6. The first-order valence-corrected chi connectivity index (χ1v) is 9.28. The lowest BCUT2D eigenvalue weighted by Gasteiger charge is -2.09. The highest BCUT2D eigenvalue weighted by Crippen LogP contribution is 2.13. The van der Waals surface area contributed by atoms with Crippen molar-refractivity contribution < 1.29 is 9.59 Å². The number of halogens is 1. The summed E-state index contributed by atoms with van der Waals surface area (Å²) in [5, 5.41) is 5.71. The lowest BCUT2D eigenvalue weighted by atomic mass is 10.1. The standard InChI is InChI=1S/C20H19BrN4O2/c21-17-5-1-3-15(11-17)13-23-20(27)16-4-2-6-18(12-16)24-19(26)7-9-25-10-8-22-14-25/h1-6,8,10-12,14H,7,9,13H2,(H,23,27)(H,24,26). The van der Waals surface area contributed by atoms with Gasteiger partial charge in [-0.25, -0.2) is 4.98 Å². The summed E-state index contributed by atoms with van der Waals surface area (Å²) < 4.78 is 2.81. The Kier molecular flexibility index (Phi) is 6.38. The molecule has 3 aromatic rings. The first kappa shape index (κ1) is 18.8. The molecule has 6 nitrogen and oxygen atoms in total. The molecule has 0 bridgehead atoms. The fraction of sp³-hybridized carbons (Fsp3) is 0.150. The summed E-state index contributed by atoms with van der Waals surface area (Å²) >= 11 is 3.41. The molecule has 3 rings (SSSR count). The third-order valence-electron chi connectivity index (χ3n) is 3.91.